The Morgan fingerprint density at radius 2 is 1.88 bits per heavy atom. The summed E-state index contributed by atoms with van der Waals surface area (Å²) >= 11 is 0. The van der Waals surface area contributed by atoms with E-state index in [1.165, 1.54) is 37.8 Å². The lowest BCUT2D eigenvalue weighted by molar-refractivity contribution is 0.249. The lowest BCUT2D eigenvalue weighted by atomic mass is 10.2. The number of hydrogen-bond acceptors (Lipinski definition) is 2. The largest absolute Gasteiger partial charge is 0.357 e. The van der Waals surface area contributed by atoms with Crippen LogP contribution in [0.3, 0.4) is 0 Å². The molecule has 0 spiro atoms. The van der Waals surface area contributed by atoms with Crippen molar-refractivity contribution in [3.63, 3.8) is 0 Å². The highest BCUT2D eigenvalue weighted by atomic mass is 127. The summed E-state index contributed by atoms with van der Waals surface area (Å²) < 4.78 is 12.9. The summed E-state index contributed by atoms with van der Waals surface area (Å²) in [4.78, 5) is 7.01. The van der Waals surface area contributed by atoms with Crippen molar-refractivity contribution >= 4 is 29.9 Å². The van der Waals surface area contributed by atoms with Gasteiger partial charge in [0.1, 0.15) is 5.82 Å². The summed E-state index contributed by atoms with van der Waals surface area (Å²) in [6.45, 7) is 5.33. The Bertz CT molecular complexity index is 486. The first-order chi connectivity index (χ1) is 11.2. The highest BCUT2D eigenvalue weighted by Gasteiger charge is 2.18. The highest BCUT2D eigenvalue weighted by Crippen LogP contribution is 2.21. The number of hydrogen-bond donors (Lipinski definition) is 2. The van der Waals surface area contributed by atoms with Gasteiger partial charge in [0.2, 0.25) is 0 Å². The van der Waals surface area contributed by atoms with E-state index in [1.807, 2.05) is 0 Å². The highest BCUT2D eigenvalue weighted by molar-refractivity contribution is 14.0. The van der Waals surface area contributed by atoms with Crippen LogP contribution < -0.4 is 10.6 Å². The molecule has 2 rings (SSSR count). The molecule has 0 radical (unpaired) electrons. The van der Waals surface area contributed by atoms with Crippen LogP contribution in [0.15, 0.2) is 29.3 Å². The number of benzene rings is 1. The van der Waals surface area contributed by atoms with Gasteiger partial charge in [-0.2, -0.15) is 0 Å². The summed E-state index contributed by atoms with van der Waals surface area (Å²) in [7, 11) is 2.21. The molecular formula is C18H30FIN4. The van der Waals surface area contributed by atoms with Crippen LogP contribution in [0, 0.1) is 5.82 Å². The van der Waals surface area contributed by atoms with Crippen molar-refractivity contribution in [2.75, 3.05) is 26.7 Å². The van der Waals surface area contributed by atoms with E-state index in [2.05, 4.69) is 34.5 Å². The predicted octanol–water partition coefficient (Wildman–Crippen LogP) is 3.37. The monoisotopic (exact) mass is 448 g/mol. The third kappa shape index (κ3) is 7.34. The lowest BCUT2D eigenvalue weighted by Gasteiger charge is -2.24. The minimum atomic E-state index is -0.210. The average Bonchev–Trinajstić information content (AvgIpc) is 3.08. The van der Waals surface area contributed by atoms with Crippen molar-refractivity contribution < 1.29 is 4.39 Å². The maximum atomic E-state index is 12.9. The van der Waals surface area contributed by atoms with E-state index in [1.54, 1.807) is 12.1 Å². The zero-order valence-electron chi connectivity index (χ0n) is 14.7. The molecule has 1 aromatic carbocycles. The standard InChI is InChI=1S/C18H29FN4.HI/c1-3-20-18(22-14-15-8-10-16(19)11-9-15)21-12-13-23(2)17-6-4-5-7-17;/h8-11,17H,3-7,12-14H2,1-2H3,(H2,20,21,22);1H. The molecule has 0 saturated heterocycles. The summed E-state index contributed by atoms with van der Waals surface area (Å²) in [6.07, 6.45) is 5.39. The number of nitrogens with one attached hydrogen (secondary N) is 2. The minimum absolute atomic E-state index is 0. The molecule has 4 nitrogen and oxygen atoms in total. The van der Waals surface area contributed by atoms with Gasteiger partial charge in [0.25, 0.3) is 0 Å². The maximum Gasteiger partial charge on any atom is 0.191 e. The van der Waals surface area contributed by atoms with Gasteiger partial charge in [-0.15, -0.1) is 24.0 Å². The normalized spacial score (nSPS) is 15.4. The van der Waals surface area contributed by atoms with Gasteiger partial charge in [-0.3, -0.25) is 0 Å². The van der Waals surface area contributed by atoms with E-state index in [4.69, 9.17) is 0 Å². The molecule has 0 atom stereocenters. The van der Waals surface area contributed by atoms with Crippen LogP contribution >= 0.6 is 24.0 Å². The van der Waals surface area contributed by atoms with Gasteiger partial charge in [0, 0.05) is 25.7 Å². The van der Waals surface area contributed by atoms with Gasteiger partial charge in [-0.1, -0.05) is 25.0 Å². The molecule has 0 amide bonds. The van der Waals surface area contributed by atoms with Crippen molar-refractivity contribution in [1.82, 2.24) is 15.5 Å². The summed E-state index contributed by atoms with van der Waals surface area (Å²) in [6, 6.07) is 7.24. The van der Waals surface area contributed by atoms with E-state index < -0.39 is 0 Å². The predicted molar refractivity (Wildman–Crippen MR) is 110 cm³/mol. The molecule has 1 aromatic rings. The fourth-order valence-electron chi connectivity index (χ4n) is 2.98. The molecule has 1 aliphatic rings. The molecule has 1 saturated carbocycles. The lowest BCUT2D eigenvalue weighted by Crippen LogP contribution is -2.42. The topological polar surface area (TPSA) is 39.7 Å². The Morgan fingerprint density at radius 3 is 2.50 bits per heavy atom. The fraction of sp³-hybridized carbons (Fsp3) is 0.611. The Morgan fingerprint density at radius 1 is 1.21 bits per heavy atom. The summed E-state index contributed by atoms with van der Waals surface area (Å²) in [5.41, 5.74) is 1.01. The Labute approximate surface area is 162 Å². The van der Waals surface area contributed by atoms with Crippen LogP contribution in [0.5, 0.6) is 0 Å². The first kappa shape index (κ1) is 21.2. The van der Waals surface area contributed by atoms with Gasteiger partial charge in [0.15, 0.2) is 5.96 Å². The van der Waals surface area contributed by atoms with E-state index in [9.17, 15) is 4.39 Å². The van der Waals surface area contributed by atoms with Crippen LogP contribution in [0.4, 0.5) is 4.39 Å². The van der Waals surface area contributed by atoms with Crippen molar-refractivity contribution in [2.45, 2.75) is 45.2 Å². The van der Waals surface area contributed by atoms with Crippen molar-refractivity contribution in [3.8, 4) is 0 Å². The van der Waals surface area contributed by atoms with Crippen LogP contribution in [0.25, 0.3) is 0 Å². The number of halogens is 2. The third-order valence-corrected chi connectivity index (χ3v) is 4.38. The van der Waals surface area contributed by atoms with Crippen molar-refractivity contribution in [1.29, 1.82) is 0 Å². The number of rotatable bonds is 7. The molecule has 0 bridgehead atoms. The second kappa shape index (κ2) is 11.6. The Hall–Kier alpha value is -0.890. The zero-order chi connectivity index (χ0) is 16.5. The Kier molecular flexibility index (Phi) is 10.2. The maximum absolute atomic E-state index is 12.9. The van der Waals surface area contributed by atoms with Gasteiger partial charge in [-0.25, -0.2) is 9.38 Å². The minimum Gasteiger partial charge on any atom is -0.357 e. The molecule has 0 aromatic heterocycles. The second-order valence-electron chi connectivity index (χ2n) is 6.17. The molecule has 1 fully saturated rings. The molecule has 0 aliphatic heterocycles. The van der Waals surface area contributed by atoms with Gasteiger partial charge < -0.3 is 15.5 Å². The molecule has 136 valence electrons. The molecule has 0 unspecified atom stereocenters. The first-order valence-electron chi connectivity index (χ1n) is 8.66. The molecule has 0 heterocycles. The number of nitrogens with zero attached hydrogens (tertiary/aromatic N) is 2. The van der Waals surface area contributed by atoms with Crippen LogP contribution in [-0.2, 0) is 6.54 Å². The second-order valence-corrected chi connectivity index (χ2v) is 6.17. The van der Waals surface area contributed by atoms with Gasteiger partial charge in [0.05, 0.1) is 6.54 Å². The number of guanidine groups is 1. The van der Waals surface area contributed by atoms with Crippen LogP contribution in [0.2, 0.25) is 0 Å². The SMILES string of the molecule is CCNC(=NCc1ccc(F)cc1)NCCN(C)C1CCCC1.I. The van der Waals surface area contributed by atoms with E-state index in [-0.39, 0.29) is 29.8 Å². The smallest absolute Gasteiger partial charge is 0.191 e. The van der Waals surface area contributed by atoms with Gasteiger partial charge in [-0.05, 0) is 44.5 Å². The molecular weight excluding hydrogens is 418 g/mol. The van der Waals surface area contributed by atoms with E-state index in [0.29, 0.717) is 6.54 Å². The molecule has 1 aliphatic carbocycles. The molecule has 2 N–H and O–H groups in total. The average molecular weight is 448 g/mol. The van der Waals surface area contributed by atoms with Crippen LogP contribution in [-0.4, -0.2) is 43.6 Å². The first-order valence-corrected chi connectivity index (χ1v) is 8.66. The third-order valence-electron chi connectivity index (χ3n) is 4.38. The quantitative estimate of drug-likeness (QED) is 0.382. The van der Waals surface area contributed by atoms with E-state index >= 15 is 0 Å². The molecule has 6 heteroatoms. The Balaban J connectivity index is 0.00000288. The van der Waals surface area contributed by atoms with Gasteiger partial charge >= 0.3 is 0 Å². The van der Waals surface area contributed by atoms with E-state index in [0.717, 1.165) is 37.2 Å². The van der Waals surface area contributed by atoms with Crippen LogP contribution in [0.1, 0.15) is 38.2 Å². The number of aliphatic imine (C=N–C) groups is 1. The van der Waals surface area contributed by atoms with Crippen molar-refractivity contribution in [3.05, 3.63) is 35.6 Å². The zero-order valence-corrected chi connectivity index (χ0v) is 17.1. The van der Waals surface area contributed by atoms with Crippen molar-refractivity contribution in [2.24, 2.45) is 4.99 Å². The molecule has 24 heavy (non-hydrogen) atoms. The summed E-state index contributed by atoms with van der Waals surface area (Å²) in [5.74, 6) is 0.606. The fourth-order valence-corrected chi connectivity index (χ4v) is 2.98. The summed E-state index contributed by atoms with van der Waals surface area (Å²) in [5, 5.41) is 6.63. The number of likely N-dealkylation sites (N-methyl/N-ethyl adjacent to an activating group) is 1.